The summed E-state index contributed by atoms with van der Waals surface area (Å²) in [5.41, 5.74) is 1.85. The molecule has 0 atom stereocenters. The lowest BCUT2D eigenvalue weighted by molar-refractivity contribution is -0.125. The van der Waals surface area contributed by atoms with Crippen LogP contribution >= 0.6 is 11.6 Å². The van der Waals surface area contributed by atoms with E-state index in [1.807, 2.05) is 42.5 Å². The number of nitrogens with one attached hydrogen (secondary N) is 2. The van der Waals surface area contributed by atoms with Crippen LogP contribution in [-0.4, -0.2) is 38.1 Å². The average molecular weight is 389 g/mol. The topological polar surface area (TPSA) is 76.7 Å². The molecule has 0 radical (unpaired) electrons. The van der Waals surface area contributed by atoms with Gasteiger partial charge in [0, 0.05) is 6.54 Å². The first-order chi connectivity index (χ1) is 13.1. The number of fused-ring (bicyclic) bond motifs is 1. The standard InChI is InChI=1S/C20H21ClN2O4/c21-16-10-15(11-17-20(16)27-9-8-26-17)6-7-22-19(25)13-23-18(24)12-14-4-2-1-3-5-14/h1-5,10-11H,6-9,12-13H2,(H,22,25)(H,23,24). The van der Waals surface area contributed by atoms with Gasteiger partial charge in [-0.2, -0.15) is 0 Å². The summed E-state index contributed by atoms with van der Waals surface area (Å²) in [7, 11) is 0. The Kier molecular flexibility index (Phi) is 6.54. The highest BCUT2D eigenvalue weighted by atomic mass is 35.5. The fourth-order valence-corrected chi connectivity index (χ4v) is 3.03. The molecule has 0 fully saturated rings. The molecule has 2 N–H and O–H groups in total. The molecule has 0 saturated heterocycles. The number of hydrogen-bond acceptors (Lipinski definition) is 4. The third-order valence-electron chi connectivity index (χ3n) is 4.05. The first-order valence-corrected chi connectivity index (χ1v) is 9.15. The van der Waals surface area contributed by atoms with Crippen molar-refractivity contribution < 1.29 is 19.1 Å². The molecule has 7 heteroatoms. The largest absolute Gasteiger partial charge is 0.486 e. The van der Waals surface area contributed by atoms with Gasteiger partial charge in [-0.3, -0.25) is 9.59 Å². The molecule has 142 valence electrons. The van der Waals surface area contributed by atoms with Crippen molar-refractivity contribution in [1.82, 2.24) is 10.6 Å². The van der Waals surface area contributed by atoms with Crippen molar-refractivity contribution in [3.63, 3.8) is 0 Å². The van der Waals surface area contributed by atoms with Gasteiger partial charge in [0.05, 0.1) is 18.0 Å². The summed E-state index contributed by atoms with van der Waals surface area (Å²) in [4.78, 5) is 23.7. The lowest BCUT2D eigenvalue weighted by atomic mass is 10.1. The summed E-state index contributed by atoms with van der Waals surface area (Å²) in [5.74, 6) is 0.773. The Balaban J connectivity index is 1.39. The molecule has 2 aromatic rings. The summed E-state index contributed by atoms with van der Waals surface area (Å²) in [6.45, 7) is 1.36. The summed E-state index contributed by atoms with van der Waals surface area (Å²) in [6.07, 6.45) is 0.851. The summed E-state index contributed by atoms with van der Waals surface area (Å²) in [5, 5.41) is 5.90. The van der Waals surface area contributed by atoms with Crippen LogP contribution in [0, 0.1) is 0 Å². The van der Waals surface area contributed by atoms with E-state index in [-0.39, 0.29) is 24.8 Å². The number of benzene rings is 2. The van der Waals surface area contributed by atoms with E-state index in [1.54, 1.807) is 0 Å². The van der Waals surface area contributed by atoms with Crippen LogP contribution in [0.15, 0.2) is 42.5 Å². The van der Waals surface area contributed by atoms with Gasteiger partial charge in [-0.1, -0.05) is 41.9 Å². The maximum absolute atomic E-state index is 11.9. The predicted molar refractivity (Wildman–Crippen MR) is 102 cm³/mol. The van der Waals surface area contributed by atoms with Gasteiger partial charge in [0.2, 0.25) is 11.8 Å². The number of ether oxygens (including phenoxy) is 2. The molecule has 2 aromatic carbocycles. The second kappa shape index (κ2) is 9.28. The molecular weight excluding hydrogens is 368 g/mol. The minimum atomic E-state index is -0.236. The molecule has 0 bridgehead atoms. The minimum Gasteiger partial charge on any atom is -0.486 e. The van der Waals surface area contributed by atoms with Gasteiger partial charge in [0.25, 0.3) is 0 Å². The zero-order chi connectivity index (χ0) is 19.1. The van der Waals surface area contributed by atoms with Gasteiger partial charge in [0.1, 0.15) is 13.2 Å². The zero-order valence-electron chi connectivity index (χ0n) is 14.8. The van der Waals surface area contributed by atoms with Gasteiger partial charge in [-0.25, -0.2) is 0 Å². The van der Waals surface area contributed by atoms with Gasteiger partial charge in [-0.15, -0.1) is 0 Å². The Hall–Kier alpha value is -2.73. The van der Waals surface area contributed by atoms with Crippen molar-refractivity contribution in [2.24, 2.45) is 0 Å². The normalized spacial score (nSPS) is 12.3. The van der Waals surface area contributed by atoms with Crippen molar-refractivity contribution in [3.8, 4) is 11.5 Å². The van der Waals surface area contributed by atoms with Crippen LogP contribution in [0.1, 0.15) is 11.1 Å². The van der Waals surface area contributed by atoms with Crippen molar-refractivity contribution in [3.05, 3.63) is 58.6 Å². The molecule has 0 saturated carbocycles. The third-order valence-corrected chi connectivity index (χ3v) is 4.33. The Morgan fingerprint density at radius 3 is 2.56 bits per heavy atom. The molecule has 3 rings (SSSR count). The van der Waals surface area contributed by atoms with Crippen molar-refractivity contribution >= 4 is 23.4 Å². The van der Waals surface area contributed by atoms with Crippen LogP contribution in [0.2, 0.25) is 5.02 Å². The lowest BCUT2D eigenvalue weighted by Gasteiger charge is -2.20. The molecule has 0 unspecified atom stereocenters. The quantitative estimate of drug-likeness (QED) is 0.761. The first kappa shape index (κ1) is 19.0. The molecule has 1 heterocycles. The Morgan fingerprint density at radius 1 is 0.963 bits per heavy atom. The van der Waals surface area contributed by atoms with Gasteiger partial charge < -0.3 is 20.1 Å². The number of hydrogen-bond donors (Lipinski definition) is 2. The molecule has 1 aliphatic rings. The van der Waals surface area contributed by atoms with Gasteiger partial charge in [-0.05, 0) is 29.7 Å². The smallest absolute Gasteiger partial charge is 0.239 e. The monoisotopic (exact) mass is 388 g/mol. The second-order valence-electron chi connectivity index (χ2n) is 6.14. The van der Waals surface area contributed by atoms with Crippen molar-refractivity contribution in [2.45, 2.75) is 12.8 Å². The number of halogens is 1. The maximum atomic E-state index is 11.9. The SMILES string of the molecule is O=C(CNC(=O)Cc1ccccc1)NCCc1cc(Cl)c2c(c1)OCCO2. The molecule has 2 amide bonds. The fourth-order valence-electron chi connectivity index (χ4n) is 2.74. The lowest BCUT2D eigenvalue weighted by Crippen LogP contribution is -2.38. The van der Waals surface area contributed by atoms with Crippen LogP contribution in [0.5, 0.6) is 11.5 Å². The van der Waals surface area contributed by atoms with Crippen LogP contribution < -0.4 is 20.1 Å². The van der Waals surface area contributed by atoms with E-state index in [2.05, 4.69) is 10.6 Å². The zero-order valence-corrected chi connectivity index (χ0v) is 15.6. The van der Waals surface area contributed by atoms with Crippen LogP contribution in [0.25, 0.3) is 0 Å². The van der Waals surface area contributed by atoms with E-state index >= 15 is 0 Å². The third kappa shape index (κ3) is 5.62. The highest BCUT2D eigenvalue weighted by molar-refractivity contribution is 6.32. The summed E-state index contributed by atoms with van der Waals surface area (Å²) < 4.78 is 11.0. The van der Waals surface area contributed by atoms with Crippen LogP contribution in [0.3, 0.4) is 0 Å². The molecular formula is C20H21ClN2O4. The summed E-state index contributed by atoms with van der Waals surface area (Å²) in [6, 6.07) is 13.1. The molecule has 0 aromatic heterocycles. The van der Waals surface area contributed by atoms with E-state index in [0.717, 1.165) is 11.1 Å². The predicted octanol–water partition coefficient (Wildman–Crippen LogP) is 2.13. The van der Waals surface area contributed by atoms with E-state index in [4.69, 9.17) is 21.1 Å². The number of carbonyl (C=O) groups is 2. The van der Waals surface area contributed by atoms with Crippen LogP contribution in [0.4, 0.5) is 0 Å². The second-order valence-corrected chi connectivity index (χ2v) is 6.55. The van der Waals surface area contributed by atoms with E-state index in [1.165, 1.54) is 0 Å². The Bertz CT molecular complexity index is 811. The Labute approximate surface area is 162 Å². The van der Waals surface area contributed by atoms with Crippen molar-refractivity contribution in [1.29, 1.82) is 0 Å². The van der Waals surface area contributed by atoms with E-state index < -0.39 is 0 Å². The molecule has 27 heavy (non-hydrogen) atoms. The molecule has 0 aliphatic carbocycles. The van der Waals surface area contributed by atoms with E-state index in [9.17, 15) is 9.59 Å². The first-order valence-electron chi connectivity index (χ1n) is 8.77. The van der Waals surface area contributed by atoms with Crippen LogP contribution in [-0.2, 0) is 22.4 Å². The van der Waals surface area contributed by atoms with Gasteiger partial charge in [0.15, 0.2) is 11.5 Å². The number of carbonyl (C=O) groups excluding carboxylic acids is 2. The average Bonchev–Trinajstić information content (AvgIpc) is 2.67. The number of rotatable bonds is 7. The van der Waals surface area contributed by atoms with Gasteiger partial charge >= 0.3 is 0 Å². The molecule has 1 aliphatic heterocycles. The number of amides is 2. The molecule has 6 nitrogen and oxygen atoms in total. The highest BCUT2D eigenvalue weighted by Gasteiger charge is 2.16. The minimum absolute atomic E-state index is 0.0481. The van der Waals surface area contributed by atoms with E-state index in [0.29, 0.717) is 42.7 Å². The van der Waals surface area contributed by atoms with Crippen molar-refractivity contribution in [2.75, 3.05) is 26.3 Å². The maximum Gasteiger partial charge on any atom is 0.239 e. The fraction of sp³-hybridized carbons (Fsp3) is 0.300. The summed E-state index contributed by atoms with van der Waals surface area (Å²) >= 11 is 6.20. The highest BCUT2D eigenvalue weighted by Crippen LogP contribution is 2.38. The Morgan fingerprint density at radius 2 is 1.74 bits per heavy atom. The molecule has 0 spiro atoms.